The summed E-state index contributed by atoms with van der Waals surface area (Å²) in [6, 6.07) is 27.3. The van der Waals surface area contributed by atoms with Gasteiger partial charge < -0.3 is 19.9 Å². The van der Waals surface area contributed by atoms with Crippen LogP contribution >= 0.6 is 11.8 Å². The molecule has 2 amide bonds. The largest absolute Gasteiger partial charge is 0.494 e. The summed E-state index contributed by atoms with van der Waals surface area (Å²) in [6.07, 6.45) is 0. The molecule has 5 aromatic rings. The molecule has 0 bridgehead atoms. The van der Waals surface area contributed by atoms with Crippen LogP contribution in [0.1, 0.15) is 27.8 Å². The van der Waals surface area contributed by atoms with Crippen LogP contribution in [0.4, 0.5) is 21.6 Å². The van der Waals surface area contributed by atoms with Crippen LogP contribution in [-0.2, 0) is 10.0 Å². The van der Waals surface area contributed by atoms with Crippen molar-refractivity contribution in [3.05, 3.63) is 130 Å². The van der Waals surface area contributed by atoms with Crippen LogP contribution in [0.15, 0.2) is 113 Å². The van der Waals surface area contributed by atoms with Crippen LogP contribution in [0.3, 0.4) is 0 Å². The molecule has 1 saturated heterocycles. The fraction of sp³-hybridized carbons (Fsp3) is 0.211. The van der Waals surface area contributed by atoms with E-state index in [2.05, 4.69) is 15.5 Å². The molecule has 1 aliphatic rings. The molecule has 2 heterocycles. The number of thioether (sulfide) groups is 1. The number of nitro groups is 1. The van der Waals surface area contributed by atoms with Crippen molar-refractivity contribution in [2.45, 2.75) is 16.7 Å². The number of nitro benzene ring substituents is 1. The van der Waals surface area contributed by atoms with Gasteiger partial charge in [0, 0.05) is 60.6 Å². The van der Waals surface area contributed by atoms with E-state index in [-0.39, 0.29) is 22.9 Å². The molecule has 1 fully saturated rings. The molecule has 284 valence electrons. The number of carbonyl (C=O) groups excluding carboxylic acids is 2. The Kier molecular flexibility index (Phi) is 12.2. The second-order valence-electron chi connectivity index (χ2n) is 12.2. The molecule has 17 heteroatoms. The molecule has 14 nitrogen and oxygen atoms in total. The summed E-state index contributed by atoms with van der Waals surface area (Å²) in [5.41, 5.74) is 0.593. The lowest BCUT2D eigenvalue weighted by Gasteiger charge is -2.35. The predicted molar refractivity (Wildman–Crippen MR) is 207 cm³/mol. The molecular weight excluding hydrogens is 750 g/mol. The van der Waals surface area contributed by atoms with Crippen molar-refractivity contribution >= 4 is 50.8 Å². The number of hydrogen-bond donors (Lipinski definition) is 2. The Labute approximate surface area is 320 Å². The van der Waals surface area contributed by atoms with Crippen molar-refractivity contribution in [3.8, 4) is 16.9 Å². The zero-order valence-corrected chi connectivity index (χ0v) is 31.2. The van der Waals surface area contributed by atoms with E-state index in [1.165, 1.54) is 30.3 Å². The molecule has 55 heavy (non-hydrogen) atoms. The Balaban J connectivity index is 1.02. The van der Waals surface area contributed by atoms with Gasteiger partial charge in [0.1, 0.15) is 17.3 Å². The van der Waals surface area contributed by atoms with E-state index in [9.17, 15) is 28.1 Å². The summed E-state index contributed by atoms with van der Waals surface area (Å²) >= 11 is 1.56. The fourth-order valence-electron chi connectivity index (χ4n) is 5.82. The molecule has 0 unspecified atom stereocenters. The minimum absolute atomic E-state index is 0.138. The molecular formula is C38H36FN7O7S2. The minimum Gasteiger partial charge on any atom is -0.494 e. The molecule has 0 aliphatic carbocycles. The second-order valence-corrected chi connectivity index (χ2v) is 15.0. The average molecular weight is 786 g/mol. The van der Waals surface area contributed by atoms with Crippen LogP contribution in [0.25, 0.3) is 11.1 Å². The molecule has 0 saturated carbocycles. The standard InChI is InChI=1S/C38H36FN7O7S2/c1-2-53-28-8-6-7-26(23-28)31-13-11-27(24-32(31)39)38(48)45-20-18-44(19-21-45)36-16-15-34(41-42-36)37(47)43-55(51,52)30-12-14-33(35(25-30)46(49)50)40-17-22-54-29-9-4-3-5-10-29/h3-16,23-25,40H,2,17-22H2,1H3,(H,43,47). The van der Waals surface area contributed by atoms with Crippen LogP contribution in [0.2, 0.25) is 0 Å². The number of amides is 2. The molecule has 0 spiro atoms. The first-order valence-electron chi connectivity index (χ1n) is 17.2. The number of nitrogens with one attached hydrogen (secondary N) is 2. The number of rotatable bonds is 14. The Bertz CT molecular complexity index is 2290. The number of hydrogen-bond acceptors (Lipinski definition) is 12. The quantitative estimate of drug-likeness (QED) is 0.0593. The summed E-state index contributed by atoms with van der Waals surface area (Å²) in [7, 11) is -4.51. The number of benzene rings is 4. The Morgan fingerprint density at radius 1 is 0.927 bits per heavy atom. The van der Waals surface area contributed by atoms with Gasteiger partial charge in [-0.15, -0.1) is 22.0 Å². The summed E-state index contributed by atoms with van der Waals surface area (Å²) in [5.74, 6) is -0.284. The zero-order chi connectivity index (χ0) is 39.0. The molecule has 4 aromatic carbocycles. The highest BCUT2D eigenvalue weighted by Crippen LogP contribution is 2.29. The van der Waals surface area contributed by atoms with Crippen molar-refractivity contribution in [1.29, 1.82) is 0 Å². The Hall–Kier alpha value is -6.07. The van der Waals surface area contributed by atoms with Gasteiger partial charge in [0.2, 0.25) is 0 Å². The first-order chi connectivity index (χ1) is 26.5. The number of sulfonamides is 1. The fourth-order valence-corrected chi connectivity index (χ4v) is 7.59. The Morgan fingerprint density at radius 3 is 2.40 bits per heavy atom. The summed E-state index contributed by atoms with van der Waals surface area (Å²) in [4.78, 5) is 41.3. The number of piperazine rings is 1. The second kappa shape index (κ2) is 17.4. The zero-order valence-electron chi connectivity index (χ0n) is 29.6. The average Bonchev–Trinajstić information content (AvgIpc) is 3.19. The molecule has 0 atom stereocenters. The monoisotopic (exact) mass is 785 g/mol. The van der Waals surface area contributed by atoms with Gasteiger partial charge in [-0.1, -0.05) is 36.4 Å². The van der Waals surface area contributed by atoms with Gasteiger partial charge in [-0.3, -0.25) is 19.7 Å². The number of anilines is 2. The number of aromatic nitrogens is 2. The van der Waals surface area contributed by atoms with Gasteiger partial charge >= 0.3 is 0 Å². The van der Waals surface area contributed by atoms with Crippen LogP contribution in [0, 0.1) is 15.9 Å². The highest BCUT2D eigenvalue weighted by Gasteiger charge is 2.27. The molecule has 6 rings (SSSR count). The SMILES string of the molecule is CCOc1cccc(-c2ccc(C(=O)N3CCN(c4ccc(C(=O)NS(=O)(=O)c5ccc(NCCSc6ccccc6)c([N+](=O)[O-])c5)nn4)CC3)cc2F)c1. The van der Waals surface area contributed by atoms with Crippen LogP contribution < -0.4 is 19.7 Å². The summed E-state index contributed by atoms with van der Waals surface area (Å²) in [6.45, 7) is 4.11. The molecule has 1 aromatic heterocycles. The Morgan fingerprint density at radius 2 is 1.71 bits per heavy atom. The number of ether oxygens (including phenoxy) is 1. The molecule has 1 aliphatic heterocycles. The van der Waals surface area contributed by atoms with Gasteiger partial charge in [-0.25, -0.2) is 17.5 Å². The van der Waals surface area contributed by atoms with E-state index in [1.807, 2.05) is 46.9 Å². The number of halogens is 1. The van der Waals surface area contributed by atoms with E-state index < -0.39 is 37.3 Å². The van der Waals surface area contributed by atoms with E-state index in [0.717, 1.165) is 11.0 Å². The van der Waals surface area contributed by atoms with Crippen LogP contribution in [0.5, 0.6) is 5.75 Å². The smallest absolute Gasteiger partial charge is 0.293 e. The van der Waals surface area contributed by atoms with Gasteiger partial charge in [-0.2, -0.15) is 0 Å². The maximum Gasteiger partial charge on any atom is 0.293 e. The lowest BCUT2D eigenvalue weighted by Crippen LogP contribution is -2.49. The van der Waals surface area contributed by atoms with Crippen molar-refractivity contribution in [3.63, 3.8) is 0 Å². The maximum atomic E-state index is 15.2. The van der Waals surface area contributed by atoms with Gasteiger partial charge in [0.25, 0.3) is 27.5 Å². The topological polar surface area (TPSA) is 177 Å². The first-order valence-corrected chi connectivity index (χ1v) is 19.7. The van der Waals surface area contributed by atoms with Crippen LogP contribution in [-0.4, -0.2) is 85.3 Å². The summed E-state index contributed by atoms with van der Waals surface area (Å²) < 4.78 is 48.7. The van der Waals surface area contributed by atoms with E-state index >= 15 is 4.39 Å². The van der Waals surface area contributed by atoms with Crippen molar-refractivity contribution in [2.75, 3.05) is 55.3 Å². The highest BCUT2D eigenvalue weighted by molar-refractivity contribution is 7.99. The highest BCUT2D eigenvalue weighted by atomic mass is 32.2. The number of carbonyl (C=O) groups is 2. The van der Waals surface area contributed by atoms with Crippen molar-refractivity contribution in [2.24, 2.45) is 0 Å². The third kappa shape index (κ3) is 9.54. The normalized spacial score (nSPS) is 12.9. The third-order valence-electron chi connectivity index (χ3n) is 8.58. The lowest BCUT2D eigenvalue weighted by atomic mass is 10.0. The lowest BCUT2D eigenvalue weighted by molar-refractivity contribution is -0.384. The predicted octanol–water partition coefficient (Wildman–Crippen LogP) is 5.87. The summed E-state index contributed by atoms with van der Waals surface area (Å²) in [5, 5.41) is 22.7. The van der Waals surface area contributed by atoms with Gasteiger partial charge in [0.05, 0.1) is 16.4 Å². The van der Waals surface area contributed by atoms with Crippen molar-refractivity contribution < 1.29 is 32.1 Å². The van der Waals surface area contributed by atoms with Gasteiger partial charge in [0.15, 0.2) is 11.5 Å². The maximum absolute atomic E-state index is 15.2. The first kappa shape index (κ1) is 38.6. The van der Waals surface area contributed by atoms with Gasteiger partial charge in [-0.05, 0) is 73.2 Å². The molecule has 0 radical (unpaired) electrons. The number of nitrogens with zero attached hydrogens (tertiary/aromatic N) is 5. The van der Waals surface area contributed by atoms with E-state index in [1.54, 1.807) is 53.1 Å². The minimum atomic E-state index is -4.51. The van der Waals surface area contributed by atoms with E-state index in [4.69, 9.17) is 4.74 Å². The van der Waals surface area contributed by atoms with E-state index in [0.29, 0.717) is 67.8 Å². The molecule has 2 N–H and O–H groups in total. The third-order valence-corrected chi connectivity index (χ3v) is 10.9. The van der Waals surface area contributed by atoms with Crippen molar-refractivity contribution in [1.82, 2.24) is 19.8 Å².